The Morgan fingerprint density at radius 2 is 1.90 bits per heavy atom. The highest BCUT2D eigenvalue weighted by Gasteiger charge is 2.17. The van der Waals surface area contributed by atoms with E-state index < -0.39 is 15.8 Å². The van der Waals surface area contributed by atoms with Gasteiger partial charge in [-0.25, -0.2) is 17.8 Å². The lowest BCUT2D eigenvalue weighted by molar-refractivity contribution is 0.600. The van der Waals surface area contributed by atoms with E-state index in [1.165, 1.54) is 18.2 Å². The first kappa shape index (κ1) is 15.0. The number of nitrogens with zero attached hydrogens (tertiary/aromatic N) is 1. The van der Waals surface area contributed by atoms with Crippen LogP contribution in [0.5, 0.6) is 0 Å². The van der Waals surface area contributed by atoms with Gasteiger partial charge in [-0.3, -0.25) is 4.72 Å². The first-order valence-electron chi connectivity index (χ1n) is 5.39. The molecule has 0 fully saturated rings. The van der Waals surface area contributed by atoms with Gasteiger partial charge in [0.05, 0.1) is 10.7 Å². The summed E-state index contributed by atoms with van der Waals surface area (Å²) in [4.78, 5) is 3.50. The molecule has 0 bridgehead atoms. The zero-order valence-corrected chi connectivity index (χ0v) is 12.5. The van der Waals surface area contributed by atoms with Crippen molar-refractivity contribution in [2.75, 3.05) is 4.72 Å². The molecule has 4 nitrogen and oxygen atoms in total. The average molecular weight is 335 g/mol. The van der Waals surface area contributed by atoms with Gasteiger partial charge in [0, 0.05) is 6.20 Å². The zero-order chi connectivity index (χ0) is 14.9. The Balaban J connectivity index is 2.37. The Kier molecular flexibility index (Phi) is 4.17. The molecule has 0 aliphatic rings. The quantitative estimate of drug-likeness (QED) is 0.872. The molecule has 1 aromatic heterocycles. The molecule has 0 radical (unpaired) electrons. The molecule has 20 heavy (non-hydrogen) atoms. The summed E-state index contributed by atoms with van der Waals surface area (Å²) >= 11 is 11.4. The van der Waals surface area contributed by atoms with Gasteiger partial charge in [-0.15, -0.1) is 0 Å². The third-order valence-electron chi connectivity index (χ3n) is 2.38. The summed E-state index contributed by atoms with van der Waals surface area (Å²) in [7, 11) is -3.91. The van der Waals surface area contributed by atoms with Crippen molar-refractivity contribution in [2.45, 2.75) is 11.8 Å². The maximum absolute atomic E-state index is 13.2. The number of sulfonamides is 1. The lowest BCUT2D eigenvalue weighted by Gasteiger charge is -2.09. The number of anilines is 1. The molecule has 0 unspecified atom stereocenters. The van der Waals surface area contributed by atoms with Gasteiger partial charge in [0.2, 0.25) is 0 Å². The van der Waals surface area contributed by atoms with Crippen LogP contribution in [0.2, 0.25) is 10.2 Å². The molecule has 0 aliphatic heterocycles. The minimum absolute atomic E-state index is 0.00668. The van der Waals surface area contributed by atoms with E-state index in [-0.39, 0.29) is 20.8 Å². The van der Waals surface area contributed by atoms with Gasteiger partial charge >= 0.3 is 0 Å². The molecule has 1 heterocycles. The van der Waals surface area contributed by atoms with Gasteiger partial charge in [0.25, 0.3) is 10.0 Å². The zero-order valence-electron chi connectivity index (χ0n) is 10.2. The second kappa shape index (κ2) is 5.55. The summed E-state index contributed by atoms with van der Waals surface area (Å²) in [6, 6.07) is 5.05. The lowest BCUT2D eigenvalue weighted by atomic mass is 10.2. The molecule has 0 amide bonds. The number of aromatic nitrogens is 1. The van der Waals surface area contributed by atoms with Gasteiger partial charge in [-0.1, -0.05) is 23.2 Å². The van der Waals surface area contributed by atoms with Gasteiger partial charge in [-0.2, -0.15) is 0 Å². The van der Waals surface area contributed by atoms with Crippen LogP contribution in [-0.2, 0) is 10.0 Å². The van der Waals surface area contributed by atoms with Crippen LogP contribution in [0.3, 0.4) is 0 Å². The van der Waals surface area contributed by atoms with Crippen LogP contribution >= 0.6 is 23.2 Å². The summed E-state index contributed by atoms with van der Waals surface area (Å²) in [5.74, 6) is -0.532. The fraction of sp³-hybridized carbons (Fsp3) is 0.0833. The molecule has 8 heteroatoms. The lowest BCUT2D eigenvalue weighted by Crippen LogP contribution is -2.13. The minimum Gasteiger partial charge on any atom is -0.279 e. The van der Waals surface area contributed by atoms with Crippen LogP contribution in [0.1, 0.15) is 5.56 Å². The highest BCUT2D eigenvalue weighted by atomic mass is 35.5. The first-order chi connectivity index (χ1) is 9.28. The SMILES string of the molecule is Cc1cc(F)cc(NS(=O)(=O)c2cnc(Cl)c(Cl)c2)c1. The first-order valence-corrected chi connectivity index (χ1v) is 7.63. The number of aryl methyl sites for hydroxylation is 1. The molecular formula is C12H9Cl2FN2O2S. The molecule has 0 aliphatic carbocycles. The van der Waals surface area contributed by atoms with Crippen molar-refractivity contribution in [3.05, 3.63) is 52.0 Å². The van der Waals surface area contributed by atoms with Gasteiger partial charge < -0.3 is 0 Å². The van der Waals surface area contributed by atoms with Crippen molar-refractivity contribution in [1.82, 2.24) is 4.98 Å². The molecule has 1 aromatic carbocycles. The van der Waals surface area contributed by atoms with E-state index in [4.69, 9.17) is 23.2 Å². The van der Waals surface area contributed by atoms with Crippen molar-refractivity contribution in [3.8, 4) is 0 Å². The van der Waals surface area contributed by atoms with Crippen molar-refractivity contribution in [1.29, 1.82) is 0 Å². The summed E-state index contributed by atoms with van der Waals surface area (Å²) in [6.45, 7) is 1.65. The monoisotopic (exact) mass is 334 g/mol. The van der Waals surface area contributed by atoms with Gasteiger partial charge in [-0.05, 0) is 36.8 Å². The number of benzene rings is 1. The maximum atomic E-state index is 13.2. The molecule has 0 spiro atoms. The summed E-state index contributed by atoms with van der Waals surface area (Å²) in [5.41, 5.74) is 0.712. The second-order valence-electron chi connectivity index (χ2n) is 4.07. The number of nitrogens with one attached hydrogen (secondary N) is 1. The molecule has 0 saturated carbocycles. The van der Waals surface area contributed by atoms with Crippen LogP contribution in [-0.4, -0.2) is 13.4 Å². The van der Waals surface area contributed by atoms with E-state index in [1.54, 1.807) is 6.92 Å². The van der Waals surface area contributed by atoms with E-state index in [1.807, 2.05) is 0 Å². The molecule has 0 atom stereocenters. The molecule has 2 rings (SSSR count). The summed E-state index contributed by atoms with van der Waals surface area (Å²) in [6.07, 6.45) is 1.07. The largest absolute Gasteiger partial charge is 0.279 e. The van der Waals surface area contributed by atoms with Crippen molar-refractivity contribution in [3.63, 3.8) is 0 Å². The molecule has 2 aromatic rings. The third-order valence-corrected chi connectivity index (χ3v) is 4.41. The van der Waals surface area contributed by atoms with Crippen molar-refractivity contribution >= 4 is 38.9 Å². The predicted octanol–water partition coefficient (Wildman–Crippen LogP) is 3.64. The van der Waals surface area contributed by atoms with Gasteiger partial charge in [0.1, 0.15) is 15.9 Å². The van der Waals surface area contributed by atoms with Crippen LogP contribution in [0, 0.1) is 12.7 Å². The average Bonchev–Trinajstić information content (AvgIpc) is 2.30. The van der Waals surface area contributed by atoms with Crippen molar-refractivity contribution in [2.24, 2.45) is 0 Å². The Bertz CT molecular complexity index is 746. The Morgan fingerprint density at radius 3 is 2.50 bits per heavy atom. The topological polar surface area (TPSA) is 59.1 Å². The minimum atomic E-state index is -3.91. The van der Waals surface area contributed by atoms with Gasteiger partial charge in [0.15, 0.2) is 0 Å². The van der Waals surface area contributed by atoms with E-state index in [2.05, 4.69) is 9.71 Å². The number of rotatable bonds is 3. The standard InChI is InChI=1S/C12H9Cl2FN2O2S/c1-7-2-8(15)4-9(3-7)17-20(18,19)10-5-11(13)12(14)16-6-10/h2-6,17H,1H3. The third kappa shape index (κ3) is 3.39. The number of hydrogen-bond acceptors (Lipinski definition) is 3. The Morgan fingerprint density at radius 1 is 1.20 bits per heavy atom. The highest BCUT2D eigenvalue weighted by molar-refractivity contribution is 7.92. The van der Waals surface area contributed by atoms with Crippen LogP contribution in [0.4, 0.5) is 10.1 Å². The Labute approximate surface area is 125 Å². The maximum Gasteiger partial charge on any atom is 0.263 e. The summed E-state index contributed by atoms with van der Waals surface area (Å²) < 4.78 is 39.7. The number of pyridine rings is 1. The molecule has 0 saturated heterocycles. The van der Waals surface area contributed by atoms with E-state index in [0.29, 0.717) is 5.56 Å². The van der Waals surface area contributed by atoms with Crippen molar-refractivity contribution < 1.29 is 12.8 Å². The Hall–Kier alpha value is -1.37. The number of hydrogen-bond donors (Lipinski definition) is 1. The number of halogens is 3. The fourth-order valence-electron chi connectivity index (χ4n) is 1.56. The highest BCUT2D eigenvalue weighted by Crippen LogP contribution is 2.24. The molecular weight excluding hydrogens is 326 g/mol. The van der Waals surface area contributed by atoms with E-state index in [0.717, 1.165) is 12.3 Å². The predicted molar refractivity (Wildman–Crippen MR) is 76.2 cm³/mol. The molecule has 106 valence electrons. The molecule has 1 N–H and O–H groups in total. The van der Waals surface area contributed by atoms with E-state index in [9.17, 15) is 12.8 Å². The van der Waals surface area contributed by atoms with E-state index >= 15 is 0 Å². The summed E-state index contributed by atoms with van der Waals surface area (Å²) in [5, 5.41) is 0.0252. The fourth-order valence-corrected chi connectivity index (χ4v) is 2.90. The smallest absolute Gasteiger partial charge is 0.263 e. The van der Waals surface area contributed by atoms with Crippen LogP contribution < -0.4 is 4.72 Å². The normalized spacial score (nSPS) is 11.4. The van der Waals surface area contributed by atoms with Crippen LogP contribution in [0.25, 0.3) is 0 Å². The van der Waals surface area contributed by atoms with Crippen LogP contribution in [0.15, 0.2) is 35.4 Å². The second-order valence-corrected chi connectivity index (χ2v) is 6.51.